The molecule has 0 fully saturated rings. The molecule has 0 amide bonds. The van der Waals surface area contributed by atoms with E-state index in [0.717, 1.165) is 11.5 Å². The van der Waals surface area contributed by atoms with E-state index in [4.69, 9.17) is 5.11 Å². The van der Waals surface area contributed by atoms with E-state index in [0.29, 0.717) is 0 Å². The number of hydrogen-bond donors (Lipinski definition) is 4. The Morgan fingerprint density at radius 1 is 0.812 bits per heavy atom. The zero-order chi connectivity index (χ0) is 12.7. The standard InChI is InChI=1S/C10H22O4S2/c1-4-15-10(16-5-2)9(14)8(13)7(12)6(3)11/h6-14H,4-5H2,1-3H3/t6-,7+,8+,9-/m1/s1. The predicted octanol–water partition coefficient (Wildman–Crippen LogP) is 0.282. The molecule has 0 rings (SSSR count). The summed E-state index contributed by atoms with van der Waals surface area (Å²) in [6, 6.07) is 0. The van der Waals surface area contributed by atoms with Gasteiger partial charge in [-0.2, -0.15) is 0 Å². The van der Waals surface area contributed by atoms with Crippen molar-refractivity contribution < 1.29 is 20.4 Å². The maximum atomic E-state index is 9.90. The molecule has 4 atom stereocenters. The quantitative estimate of drug-likeness (QED) is 0.475. The Morgan fingerprint density at radius 2 is 1.25 bits per heavy atom. The lowest BCUT2D eigenvalue weighted by atomic mass is 10.1. The van der Waals surface area contributed by atoms with Gasteiger partial charge >= 0.3 is 0 Å². The maximum Gasteiger partial charge on any atom is 0.110 e. The highest BCUT2D eigenvalue weighted by Crippen LogP contribution is 2.29. The third-order valence-corrected chi connectivity index (χ3v) is 4.83. The molecule has 0 bridgehead atoms. The van der Waals surface area contributed by atoms with Crippen molar-refractivity contribution in [3.8, 4) is 0 Å². The van der Waals surface area contributed by atoms with E-state index in [-0.39, 0.29) is 4.58 Å². The van der Waals surface area contributed by atoms with Crippen molar-refractivity contribution in [3.05, 3.63) is 0 Å². The van der Waals surface area contributed by atoms with Crippen LogP contribution in [0.15, 0.2) is 0 Å². The fraction of sp³-hybridized carbons (Fsp3) is 1.00. The molecule has 4 N–H and O–H groups in total. The summed E-state index contributed by atoms with van der Waals surface area (Å²) >= 11 is 3.05. The molecule has 0 heterocycles. The van der Waals surface area contributed by atoms with E-state index < -0.39 is 24.4 Å². The van der Waals surface area contributed by atoms with Crippen molar-refractivity contribution in [2.75, 3.05) is 11.5 Å². The molecule has 0 aromatic heterocycles. The van der Waals surface area contributed by atoms with Gasteiger partial charge in [0.25, 0.3) is 0 Å². The van der Waals surface area contributed by atoms with Crippen LogP contribution in [0.3, 0.4) is 0 Å². The minimum atomic E-state index is -1.32. The second-order valence-electron chi connectivity index (χ2n) is 3.49. The molecule has 16 heavy (non-hydrogen) atoms. The van der Waals surface area contributed by atoms with Crippen molar-refractivity contribution in [1.82, 2.24) is 0 Å². The first-order chi connectivity index (χ1) is 7.45. The van der Waals surface area contributed by atoms with E-state index >= 15 is 0 Å². The first-order valence-corrected chi connectivity index (χ1v) is 7.50. The van der Waals surface area contributed by atoms with Gasteiger partial charge in [0.1, 0.15) is 18.3 Å². The van der Waals surface area contributed by atoms with Crippen LogP contribution < -0.4 is 0 Å². The third kappa shape index (κ3) is 5.25. The molecule has 0 saturated carbocycles. The highest BCUT2D eigenvalue weighted by molar-refractivity contribution is 8.17. The van der Waals surface area contributed by atoms with Gasteiger partial charge in [0.15, 0.2) is 0 Å². The normalized spacial score (nSPS) is 19.5. The molecule has 0 spiro atoms. The van der Waals surface area contributed by atoms with Gasteiger partial charge in [0.05, 0.1) is 10.7 Å². The Bertz CT molecular complexity index is 172. The van der Waals surface area contributed by atoms with Gasteiger partial charge in [-0.25, -0.2) is 0 Å². The average molecular weight is 270 g/mol. The SMILES string of the molecule is CCSC(SCC)[C@H](O)[C@@H](O)[C@@H](O)[C@@H](C)O. The molecule has 0 aromatic carbocycles. The van der Waals surface area contributed by atoms with Gasteiger partial charge in [0.2, 0.25) is 0 Å². The van der Waals surface area contributed by atoms with Gasteiger partial charge in [-0.05, 0) is 18.4 Å². The lowest BCUT2D eigenvalue weighted by Crippen LogP contribution is -2.46. The van der Waals surface area contributed by atoms with Crippen LogP contribution in [0, 0.1) is 0 Å². The summed E-state index contributed by atoms with van der Waals surface area (Å²) in [6.07, 6.45) is -4.72. The molecule has 6 heteroatoms. The van der Waals surface area contributed by atoms with Crippen molar-refractivity contribution in [1.29, 1.82) is 0 Å². The summed E-state index contributed by atoms with van der Waals surface area (Å²) in [7, 11) is 0. The Kier molecular flexibility index (Phi) is 8.90. The van der Waals surface area contributed by atoms with E-state index in [2.05, 4.69) is 0 Å². The first kappa shape index (κ1) is 16.5. The highest BCUT2D eigenvalue weighted by Gasteiger charge is 2.33. The number of thioether (sulfide) groups is 2. The predicted molar refractivity (Wildman–Crippen MR) is 69.8 cm³/mol. The van der Waals surface area contributed by atoms with Gasteiger partial charge in [-0.3, -0.25) is 0 Å². The smallest absolute Gasteiger partial charge is 0.110 e. The average Bonchev–Trinajstić information content (AvgIpc) is 2.25. The van der Waals surface area contributed by atoms with E-state index in [1.165, 1.54) is 30.4 Å². The zero-order valence-electron chi connectivity index (χ0n) is 9.91. The van der Waals surface area contributed by atoms with Crippen LogP contribution in [0.5, 0.6) is 0 Å². The number of aliphatic hydroxyl groups is 4. The number of aliphatic hydroxyl groups excluding tert-OH is 4. The second kappa shape index (κ2) is 8.60. The van der Waals surface area contributed by atoms with Crippen LogP contribution >= 0.6 is 23.5 Å². The molecular weight excluding hydrogens is 248 g/mol. The Balaban J connectivity index is 4.40. The van der Waals surface area contributed by atoms with Crippen LogP contribution in [-0.2, 0) is 0 Å². The van der Waals surface area contributed by atoms with E-state index in [1.807, 2.05) is 13.8 Å². The fourth-order valence-corrected chi connectivity index (χ4v) is 3.80. The minimum absolute atomic E-state index is 0.182. The molecule has 98 valence electrons. The third-order valence-electron chi connectivity index (χ3n) is 2.13. The molecule has 0 aromatic rings. The summed E-state index contributed by atoms with van der Waals surface area (Å²) < 4.78 is -0.182. The van der Waals surface area contributed by atoms with Crippen molar-refractivity contribution in [2.45, 2.75) is 49.8 Å². The van der Waals surface area contributed by atoms with Crippen LogP contribution in [0.25, 0.3) is 0 Å². The zero-order valence-corrected chi connectivity index (χ0v) is 11.5. The Labute approximate surface area is 105 Å². The lowest BCUT2D eigenvalue weighted by Gasteiger charge is -2.29. The molecule has 0 radical (unpaired) electrons. The molecule has 0 unspecified atom stereocenters. The Hall–Kier alpha value is 0.540. The van der Waals surface area contributed by atoms with Crippen molar-refractivity contribution in [3.63, 3.8) is 0 Å². The van der Waals surface area contributed by atoms with E-state index in [9.17, 15) is 15.3 Å². The van der Waals surface area contributed by atoms with Crippen LogP contribution in [-0.4, -0.2) is 60.9 Å². The van der Waals surface area contributed by atoms with Crippen LogP contribution in [0.2, 0.25) is 0 Å². The molecular formula is C10H22O4S2. The largest absolute Gasteiger partial charge is 0.391 e. The van der Waals surface area contributed by atoms with Crippen LogP contribution in [0.1, 0.15) is 20.8 Å². The van der Waals surface area contributed by atoms with Gasteiger partial charge in [0, 0.05) is 0 Å². The first-order valence-electron chi connectivity index (χ1n) is 5.41. The molecule has 4 nitrogen and oxygen atoms in total. The Morgan fingerprint density at radius 3 is 1.56 bits per heavy atom. The second-order valence-corrected chi connectivity index (χ2v) is 6.63. The van der Waals surface area contributed by atoms with Crippen molar-refractivity contribution in [2.24, 2.45) is 0 Å². The summed E-state index contributed by atoms with van der Waals surface area (Å²) in [4.78, 5) is 0. The summed E-state index contributed by atoms with van der Waals surface area (Å²) in [5, 5.41) is 38.2. The van der Waals surface area contributed by atoms with E-state index in [1.54, 1.807) is 0 Å². The van der Waals surface area contributed by atoms with Gasteiger partial charge in [-0.1, -0.05) is 13.8 Å². The van der Waals surface area contributed by atoms with Crippen molar-refractivity contribution >= 4 is 23.5 Å². The van der Waals surface area contributed by atoms with Gasteiger partial charge < -0.3 is 20.4 Å². The monoisotopic (exact) mass is 270 g/mol. The van der Waals surface area contributed by atoms with Crippen LogP contribution in [0.4, 0.5) is 0 Å². The molecule has 0 saturated heterocycles. The number of rotatable bonds is 8. The molecule has 0 aliphatic rings. The molecule has 0 aliphatic carbocycles. The minimum Gasteiger partial charge on any atom is -0.391 e. The fourth-order valence-electron chi connectivity index (χ4n) is 1.22. The summed E-state index contributed by atoms with van der Waals surface area (Å²) in [5.74, 6) is 1.65. The summed E-state index contributed by atoms with van der Waals surface area (Å²) in [6.45, 7) is 5.33. The molecule has 0 aliphatic heterocycles. The maximum absolute atomic E-state index is 9.90. The lowest BCUT2D eigenvalue weighted by molar-refractivity contribution is -0.0952. The number of hydrogen-bond acceptors (Lipinski definition) is 6. The highest BCUT2D eigenvalue weighted by atomic mass is 32.2. The summed E-state index contributed by atoms with van der Waals surface area (Å²) in [5.41, 5.74) is 0. The topological polar surface area (TPSA) is 80.9 Å². The van der Waals surface area contributed by atoms with Gasteiger partial charge in [-0.15, -0.1) is 23.5 Å².